The van der Waals surface area contributed by atoms with Crippen molar-refractivity contribution in [1.29, 1.82) is 0 Å². The fourth-order valence-electron chi connectivity index (χ4n) is 10.4. The molecule has 0 heterocycles. The summed E-state index contributed by atoms with van der Waals surface area (Å²) in [7, 11) is -1.89. The number of unbranched alkanes of at least 4 members (excludes halogenated alkanes) is 15. The number of phenols is 1. The van der Waals surface area contributed by atoms with Crippen LogP contribution in [0.2, 0.25) is 0 Å². The van der Waals surface area contributed by atoms with E-state index in [1.54, 1.807) is 0 Å². The predicted octanol–water partition coefficient (Wildman–Crippen LogP) is 24.0. The van der Waals surface area contributed by atoms with E-state index in [1.165, 1.54) is 107 Å². The van der Waals surface area contributed by atoms with Gasteiger partial charge in [-0.15, -0.1) is 0 Å². The van der Waals surface area contributed by atoms with Gasteiger partial charge in [-0.05, 0) is 108 Å². The van der Waals surface area contributed by atoms with Crippen molar-refractivity contribution >= 4 is 14.6 Å². The minimum Gasteiger partial charge on any atom is -0.507 e. The van der Waals surface area contributed by atoms with E-state index in [1.807, 2.05) is 0 Å². The zero-order valence-corrected chi connectivity index (χ0v) is 59.6. The topological polar surface area (TPSA) is 74.2 Å². The largest absolute Gasteiger partial charge is 0.530 e. The average molecular weight is 1180 g/mol. The van der Waals surface area contributed by atoms with Crippen molar-refractivity contribution in [3.63, 3.8) is 0 Å². The van der Waals surface area contributed by atoms with Gasteiger partial charge < -0.3 is 23.4 Å². The van der Waals surface area contributed by atoms with Gasteiger partial charge in [0.2, 0.25) is 0 Å². The molecular weight excluding hydrogens is 1050 g/mol. The third-order valence-corrected chi connectivity index (χ3v) is 17.2. The van der Waals surface area contributed by atoms with Gasteiger partial charge in [-0.1, -0.05) is 318 Å². The molecule has 0 aliphatic carbocycles. The van der Waals surface area contributed by atoms with Crippen LogP contribution in [-0.2, 0) is 59.3 Å². The molecule has 0 saturated carbocycles. The molecule has 0 radical (unpaired) electrons. The first-order valence-corrected chi connectivity index (χ1v) is 34.0. The van der Waals surface area contributed by atoms with Crippen LogP contribution in [0, 0.1) is 0 Å². The smallest absolute Gasteiger partial charge is 0.507 e. The van der Waals surface area contributed by atoms with Gasteiger partial charge in [0.1, 0.15) is 23.0 Å². The summed E-state index contributed by atoms with van der Waals surface area (Å²) in [6.45, 7) is 55.9. The molecule has 0 aromatic heterocycles. The third kappa shape index (κ3) is 25.4. The molecule has 0 atom stereocenters. The molecule has 4 aromatic carbocycles. The fourth-order valence-corrected chi connectivity index (χ4v) is 11.5. The number of phenolic OH excluding ortho intramolecular Hbond substituents is 1. The van der Waals surface area contributed by atoms with Crippen LogP contribution >= 0.6 is 8.60 Å². The fraction of sp³-hybridized carbons (Fsp3) is 0.675. The van der Waals surface area contributed by atoms with Crippen molar-refractivity contribution in [1.82, 2.24) is 0 Å². The van der Waals surface area contributed by atoms with Crippen LogP contribution < -0.4 is 13.6 Å². The minimum absolute atomic E-state index is 0.0170. The van der Waals surface area contributed by atoms with Gasteiger partial charge in [-0.3, -0.25) is 4.79 Å². The lowest BCUT2D eigenvalue weighted by molar-refractivity contribution is -0.143. The van der Waals surface area contributed by atoms with Crippen molar-refractivity contribution in [2.24, 2.45) is 0 Å². The van der Waals surface area contributed by atoms with Crippen molar-refractivity contribution in [3.8, 4) is 23.0 Å². The van der Waals surface area contributed by atoms with Gasteiger partial charge in [-0.25, -0.2) is 0 Å². The number of benzene rings is 4. The first-order chi connectivity index (χ1) is 38.5. The zero-order chi connectivity index (χ0) is 63.7. The molecule has 0 aliphatic rings. The van der Waals surface area contributed by atoms with E-state index in [2.05, 4.69) is 240 Å². The molecule has 1 N–H and O–H groups in total. The molecule has 474 valence electrons. The number of hydrogen-bond acceptors (Lipinski definition) is 6. The minimum atomic E-state index is -1.89. The van der Waals surface area contributed by atoms with Crippen LogP contribution in [0.4, 0.5) is 0 Å². The normalized spacial score (nSPS) is 13.0. The maximum Gasteiger partial charge on any atom is 0.530 e. The van der Waals surface area contributed by atoms with Gasteiger partial charge in [0, 0.05) is 23.1 Å². The summed E-state index contributed by atoms with van der Waals surface area (Å²) in [5.74, 6) is 2.64. The van der Waals surface area contributed by atoms with Crippen molar-refractivity contribution in [2.75, 3.05) is 6.61 Å². The summed E-state index contributed by atoms with van der Waals surface area (Å²) in [5.41, 5.74) is 9.52. The standard InChI is InChI=1S/C42H63O3P.C35H62O3/c1-37(2,3)28-19-22-34(31(25-28)40(10,11)12)43-46(44-35-23-20-29(38(4,5)6)26-32(35)41(13,14)15)45-36-24-21-30(39(7,8)9)27-33(36)42(16,17)18;1-8-9-10-11-12-13-14-15-16-17-18-19-20-21-22-23-26-38-32(36)25-24-29-27-30(34(2,3)4)33(37)31(28-29)35(5,6)7/h19-27H,1-18H3;27-28,37H,8-26H2,1-7H3. The maximum atomic E-state index is 12.3. The number of carbonyl (C=O) groups is 1. The Balaban J connectivity index is 0.000000449. The zero-order valence-electron chi connectivity index (χ0n) is 58.7. The highest BCUT2D eigenvalue weighted by molar-refractivity contribution is 7.43. The van der Waals surface area contributed by atoms with E-state index < -0.39 is 8.60 Å². The van der Waals surface area contributed by atoms with Crippen LogP contribution in [0.25, 0.3) is 0 Å². The highest BCUT2D eigenvalue weighted by atomic mass is 31.2. The van der Waals surface area contributed by atoms with Crippen LogP contribution in [0.5, 0.6) is 23.0 Å². The molecule has 0 fully saturated rings. The molecule has 0 bridgehead atoms. The molecule has 7 heteroatoms. The lowest BCUT2D eigenvalue weighted by atomic mass is 9.78. The van der Waals surface area contributed by atoms with Gasteiger partial charge >= 0.3 is 14.6 Å². The Labute approximate surface area is 518 Å². The number of rotatable bonds is 26. The molecule has 6 nitrogen and oxygen atoms in total. The highest BCUT2D eigenvalue weighted by Gasteiger charge is 2.33. The monoisotopic (exact) mass is 1180 g/mol. The first kappa shape index (κ1) is 74.2. The van der Waals surface area contributed by atoms with E-state index in [9.17, 15) is 9.90 Å². The summed E-state index contributed by atoms with van der Waals surface area (Å²) in [6.07, 6.45) is 22.5. The van der Waals surface area contributed by atoms with Crippen molar-refractivity contribution in [2.45, 2.75) is 332 Å². The van der Waals surface area contributed by atoms with E-state index in [4.69, 9.17) is 18.3 Å². The number of hydrogen-bond donors (Lipinski definition) is 1. The second-order valence-corrected chi connectivity index (χ2v) is 33.7. The van der Waals surface area contributed by atoms with Gasteiger partial charge in [0.25, 0.3) is 0 Å². The Hall–Kier alpha value is -4.02. The highest BCUT2D eigenvalue weighted by Crippen LogP contribution is 2.50. The second-order valence-electron chi connectivity index (χ2n) is 32.7. The first-order valence-electron chi connectivity index (χ1n) is 32.9. The summed E-state index contributed by atoms with van der Waals surface area (Å²) in [6, 6.07) is 23.8. The molecular formula is C77H125O6P. The van der Waals surface area contributed by atoms with Crippen molar-refractivity contribution in [3.05, 3.63) is 117 Å². The van der Waals surface area contributed by atoms with Crippen LogP contribution in [-0.4, -0.2) is 17.7 Å². The van der Waals surface area contributed by atoms with E-state index >= 15 is 0 Å². The summed E-state index contributed by atoms with van der Waals surface area (Å²) in [4.78, 5) is 12.3. The number of ether oxygens (including phenoxy) is 1. The van der Waals surface area contributed by atoms with Gasteiger partial charge in [0.15, 0.2) is 0 Å². The molecule has 0 saturated heterocycles. The molecule has 0 spiro atoms. The van der Waals surface area contributed by atoms with E-state index in [-0.39, 0.29) is 49.3 Å². The van der Waals surface area contributed by atoms with Crippen LogP contribution in [0.1, 0.15) is 332 Å². The number of carbonyl (C=O) groups excluding carboxylic acids is 1. The van der Waals surface area contributed by atoms with E-state index in [0.717, 1.165) is 63.5 Å². The number of aromatic hydroxyl groups is 1. The third-order valence-electron chi connectivity index (χ3n) is 16.1. The van der Waals surface area contributed by atoms with E-state index in [0.29, 0.717) is 25.2 Å². The Morgan fingerprint density at radius 1 is 0.369 bits per heavy atom. The predicted molar refractivity (Wildman–Crippen MR) is 365 cm³/mol. The number of aryl methyl sites for hydroxylation is 1. The molecule has 4 aromatic rings. The molecule has 0 aliphatic heterocycles. The van der Waals surface area contributed by atoms with Crippen LogP contribution in [0.3, 0.4) is 0 Å². The maximum absolute atomic E-state index is 12.3. The Kier molecular flexibility index (Phi) is 28.1. The molecule has 84 heavy (non-hydrogen) atoms. The lowest BCUT2D eigenvalue weighted by Gasteiger charge is -2.31. The Bertz CT molecular complexity index is 2400. The van der Waals surface area contributed by atoms with Gasteiger partial charge in [-0.2, -0.15) is 0 Å². The Morgan fingerprint density at radius 2 is 0.643 bits per heavy atom. The second kappa shape index (κ2) is 31.8. The van der Waals surface area contributed by atoms with Gasteiger partial charge in [0.05, 0.1) is 6.61 Å². The molecule has 0 amide bonds. The SMILES string of the molecule is CC(C)(C)c1ccc(OP(Oc2ccc(C(C)(C)C)cc2C(C)(C)C)Oc2ccc(C(C)(C)C)cc2C(C)(C)C)c(C(C)(C)C)c1.CCCCCCCCCCCCCCCCCCOC(=O)CCc1cc(C(C)(C)C)c(O)c(C(C)(C)C)c1. The quantitative estimate of drug-likeness (QED) is 0.0384. The lowest BCUT2D eigenvalue weighted by Crippen LogP contribution is -2.20. The molecule has 4 rings (SSSR count). The number of esters is 1. The average Bonchev–Trinajstić information content (AvgIpc) is 3.11. The van der Waals surface area contributed by atoms with Crippen molar-refractivity contribution < 1.29 is 28.2 Å². The summed E-state index contributed by atoms with van der Waals surface area (Å²) >= 11 is 0. The molecule has 0 unspecified atom stereocenters. The Morgan fingerprint density at radius 3 is 0.905 bits per heavy atom. The van der Waals surface area contributed by atoms with Crippen LogP contribution in [0.15, 0.2) is 66.7 Å². The summed E-state index contributed by atoms with van der Waals surface area (Å²) in [5, 5.41) is 10.9. The summed E-state index contributed by atoms with van der Waals surface area (Å²) < 4.78 is 26.2.